The third-order valence-electron chi connectivity index (χ3n) is 3.94. The molecule has 0 radical (unpaired) electrons. The van der Waals surface area contributed by atoms with Crippen molar-refractivity contribution >= 4 is 29.2 Å². The van der Waals surface area contributed by atoms with E-state index in [4.69, 9.17) is 14.2 Å². The Morgan fingerprint density at radius 1 is 1.11 bits per heavy atom. The van der Waals surface area contributed by atoms with E-state index in [0.29, 0.717) is 22.9 Å². The molecule has 0 saturated carbocycles. The van der Waals surface area contributed by atoms with Crippen LogP contribution in [0.5, 0.6) is 11.5 Å². The number of esters is 1. The largest absolute Gasteiger partial charge is 0.465 e. The summed E-state index contributed by atoms with van der Waals surface area (Å²) in [5.41, 5.74) is 1.01. The van der Waals surface area contributed by atoms with Gasteiger partial charge in [0, 0.05) is 18.7 Å². The second-order valence-electron chi connectivity index (χ2n) is 5.73. The smallest absolute Gasteiger partial charge is 0.339 e. The number of carbonyl (C=O) groups is 3. The lowest BCUT2D eigenvalue weighted by Gasteiger charge is -2.22. The highest BCUT2D eigenvalue weighted by molar-refractivity contribution is 6.06. The van der Waals surface area contributed by atoms with Crippen molar-refractivity contribution in [3.05, 3.63) is 48.0 Å². The zero-order chi connectivity index (χ0) is 19.4. The Morgan fingerprint density at radius 3 is 2.59 bits per heavy atom. The minimum Gasteiger partial charge on any atom is -0.465 e. The molecule has 0 unspecified atom stereocenters. The van der Waals surface area contributed by atoms with E-state index in [1.165, 1.54) is 25.0 Å². The van der Waals surface area contributed by atoms with Crippen LogP contribution >= 0.6 is 0 Å². The average Bonchev–Trinajstić information content (AvgIpc) is 3.13. The number of nitrogens with one attached hydrogen (secondary N) is 1. The van der Waals surface area contributed by atoms with Crippen LogP contribution in [-0.4, -0.2) is 38.2 Å². The van der Waals surface area contributed by atoms with E-state index in [1.807, 2.05) is 0 Å². The highest BCUT2D eigenvalue weighted by Crippen LogP contribution is 2.34. The molecule has 0 aromatic heterocycles. The van der Waals surface area contributed by atoms with Gasteiger partial charge in [0.05, 0.1) is 18.4 Å². The van der Waals surface area contributed by atoms with Gasteiger partial charge in [0.2, 0.25) is 18.6 Å². The minimum atomic E-state index is -0.590. The van der Waals surface area contributed by atoms with Gasteiger partial charge in [0.25, 0.3) is 0 Å². The predicted octanol–water partition coefficient (Wildman–Crippen LogP) is 2.19. The molecule has 0 saturated heterocycles. The number of methoxy groups -OCH3 is 1. The maximum atomic E-state index is 12.5. The molecule has 2 aromatic carbocycles. The van der Waals surface area contributed by atoms with Crippen molar-refractivity contribution in [2.75, 3.05) is 30.7 Å². The van der Waals surface area contributed by atoms with Gasteiger partial charge in [0.1, 0.15) is 6.54 Å². The first-order valence-electron chi connectivity index (χ1n) is 8.14. The Balaban J connectivity index is 1.78. The molecule has 0 fully saturated rings. The lowest BCUT2D eigenvalue weighted by atomic mass is 10.1. The fourth-order valence-electron chi connectivity index (χ4n) is 2.68. The number of nitrogens with zero attached hydrogens (tertiary/aromatic N) is 1. The molecule has 1 aliphatic rings. The van der Waals surface area contributed by atoms with Crippen LogP contribution in [0.2, 0.25) is 0 Å². The fraction of sp³-hybridized carbons (Fsp3) is 0.211. The molecular weight excluding hydrogens is 352 g/mol. The van der Waals surface area contributed by atoms with Gasteiger partial charge in [-0.1, -0.05) is 12.1 Å². The van der Waals surface area contributed by atoms with Gasteiger partial charge in [-0.25, -0.2) is 4.79 Å². The van der Waals surface area contributed by atoms with E-state index < -0.39 is 11.9 Å². The van der Waals surface area contributed by atoms with Crippen molar-refractivity contribution in [2.24, 2.45) is 0 Å². The van der Waals surface area contributed by atoms with Crippen LogP contribution in [0.1, 0.15) is 17.3 Å². The first-order valence-corrected chi connectivity index (χ1v) is 8.14. The number of amides is 2. The quantitative estimate of drug-likeness (QED) is 0.811. The third kappa shape index (κ3) is 4.00. The number of benzene rings is 2. The summed E-state index contributed by atoms with van der Waals surface area (Å²) in [7, 11) is 1.25. The van der Waals surface area contributed by atoms with Gasteiger partial charge in [-0.2, -0.15) is 0 Å². The van der Waals surface area contributed by atoms with Crippen LogP contribution in [-0.2, 0) is 14.3 Å². The van der Waals surface area contributed by atoms with Crippen LogP contribution in [0.3, 0.4) is 0 Å². The van der Waals surface area contributed by atoms with Crippen LogP contribution in [0.4, 0.5) is 11.4 Å². The Labute approximate surface area is 155 Å². The number of ether oxygens (including phenoxy) is 3. The standard InChI is InChI=1S/C19H18N2O6/c1-12(22)21(15-6-4-3-5-14(15)19(24)25-2)10-18(23)20-13-7-8-16-17(9-13)27-11-26-16/h3-9H,10-11H2,1-2H3,(H,20,23). The molecule has 0 spiro atoms. The summed E-state index contributed by atoms with van der Waals surface area (Å²) in [5.74, 6) is -0.262. The van der Waals surface area contributed by atoms with E-state index in [0.717, 1.165) is 0 Å². The first kappa shape index (κ1) is 18.2. The summed E-state index contributed by atoms with van der Waals surface area (Å²) < 4.78 is 15.2. The number of carbonyl (C=O) groups excluding carboxylic acids is 3. The van der Waals surface area contributed by atoms with E-state index in [-0.39, 0.29) is 24.8 Å². The molecule has 0 aliphatic carbocycles. The molecule has 1 aliphatic heterocycles. The van der Waals surface area contributed by atoms with E-state index >= 15 is 0 Å². The normalized spacial score (nSPS) is 11.6. The Kier molecular flexibility index (Phi) is 5.25. The maximum Gasteiger partial charge on any atom is 0.339 e. The topological polar surface area (TPSA) is 94.2 Å². The second kappa shape index (κ2) is 7.77. The number of hydrogen-bond donors (Lipinski definition) is 1. The van der Waals surface area contributed by atoms with Gasteiger partial charge in [0.15, 0.2) is 11.5 Å². The van der Waals surface area contributed by atoms with Crippen molar-refractivity contribution in [1.29, 1.82) is 0 Å². The number of rotatable bonds is 5. The highest BCUT2D eigenvalue weighted by Gasteiger charge is 2.22. The van der Waals surface area contributed by atoms with Crippen molar-refractivity contribution in [3.8, 4) is 11.5 Å². The minimum absolute atomic E-state index is 0.134. The fourth-order valence-corrected chi connectivity index (χ4v) is 2.68. The maximum absolute atomic E-state index is 12.5. The van der Waals surface area contributed by atoms with Crippen LogP contribution in [0.25, 0.3) is 0 Å². The zero-order valence-electron chi connectivity index (χ0n) is 14.9. The molecule has 8 nitrogen and oxygen atoms in total. The summed E-state index contributed by atoms with van der Waals surface area (Å²) in [6.45, 7) is 1.19. The Bertz CT molecular complexity index is 896. The predicted molar refractivity (Wildman–Crippen MR) is 97.0 cm³/mol. The van der Waals surface area contributed by atoms with E-state index in [2.05, 4.69) is 5.32 Å². The molecule has 3 rings (SSSR count). The van der Waals surface area contributed by atoms with Gasteiger partial charge < -0.3 is 24.4 Å². The molecule has 140 valence electrons. The van der Waals surface area contributed by atoms with Crippen LogP contribution < -0.4 is 19.7 Å². The monoisotopic (exact) mass is 370 g/mol. The van der Waals surface area contributed by atoms with E-state index in [9.17, 15) is 14.4 Å². The van der Waals surface area contributed by atoms with Gasteiger partial charge in [-0.3, -0.25) is 9.59 Å². The third-order valence-corrected chi connectivity index (χ3v) is 3.94. The molecule has 1 N–H and O–H groups in total. The van der Waals surface area contributed by atoms with Gasteiger partial charge >= 0.3 is 5.97 Å². The summed E-state index contributed by atoms with van der Waals surface area (Å²) in [5, 5.41) is 2.70. The zero-order valence-corrected chi connectivity index (χ0v) is 14.9. The van der Waals surface area contributed by atoms with Crippen LogP contribution in [0.15, 0.2) is 42.5 Å². The number of hydrogen-bond acceptors (Lipinski definition) is 6. The lowest BCUT2D eigenvalue weighted by molar-refractivity contribution is -0.120. The molecular formula is C19H18N2O6. The molecule has 2 aromatic rings. The number of fused-ring (bicyclic) bond motifs is 1. The summed E-state index contributed by atoms with van der Waals surface area (Å²) in [6, 6.07) is 11.4. The molecule has 2 amide bonds. The van der Waals surface area contributed by atoms with Crippen molar-refractivity contribution in [1.82, 2.24) is 0 Å². The summed E-state index contributed by atoms with van der Waals surface area (Å²) in [6.07, 6.45) is 0. The molecule has 1 heterocycles. The van der Waals surface area contributed by atoms with Gasteiger partial charge in [-0.15, -0.1) is 0 Å². The molecule has 27 heavy (non-hydrogen) atoms. The van der Waals surface area contributed by atoms with Crippen molar-refractivity contribution in [2.45, 2.75) is 6.92 Å². The number of anilines is 2. The molecule has 0 atom stereocenters. The van der Waals surface area contributed by atoms with Crippen molar-refractivity contribution < 1.29 is 28.6 Å². The van der Waals surface area contributed by atoms with Crippen LogP contribution in [0, 0.1) is 0 Å². The number of para-hydroxylation sites is 1. The van der Waals surface area contributed by atoms with Crippen molar-refractivity contribution in [3.63, 3.8) is 0 Å². The average molecular weight is 370 g/mol. The second-order valence-corrected chi connectivity index (χ2v) is 5.73. The Morgan fingerprint density at radius 2 is 1.85 bits per heavy atom. The first-order chi connectivity index (χ1) is 13.0. The summed E-state index contributed by atoms with van der Waals surface area (Å²) in [4.78, 5) is 37.7. The van der Waals surface area contributed by atoms with Gasteiger partial charge in [-0.05, 0) is 24.3 Å². The lowest BCUT2D eigenvalue weighted by Crippen LogP contribution is -2.37. The molecule has 0 bridgehead atoms. The highest BCUT2D eigenvalue weighted by atomic mass is 16.7. The Hall–Kier alpha value is -3.55. The molecule has 8 heteroatoms. The van der Waals surface area contributed by atoms with E-state index in [1.54, 1.807) is 36.4 Å². The summed E-state index contributed by atoms with van der Waals surface area (Å²) >= 11 is 0. The SMILES string of the molecule is COC(=O)c1ccccc1N(CC(=O)Nc1ccc2c(c1)OCO2)C(C)=O.